The maximum absolute atomic E-state index is 12.5. The summed E-state index contributed by atoms with van der Waals surface area (Å²) in [5.74, 6) is 0.140. The van der Waals surface area contributed by atoms with Gasteiger partial charge >= 0.3 is 0 Å². The van der Waals surface area contributed by atoms with Gasteiger partial charge in [-0.25, -0.2) is 0 Å². The van der Waals surface area contributed by atoms with Gasteiger partial charge in [0, 0.05) is 5.56 Å². The first-order valence-corrected chi connectivity index (χ1v) is 5.84. The average Bonchev–Trinajstić information content (AvgIpc) is 2.34. The van der Waals surface area contributed by atoms with Crippen LogP contribution in [-0.4, -0.2) is 5.78 Å². The molecule has 1 aliphatic carbocycles. The normalized spacial score (nSPS) is 26.9. The molecule has 0 saturated carbocycles. The number of ketones is 1. The van der Waals surface area contributed by atoms with Gasteiger partial charge in [0.2, 0.25) is 0 Å². The second-order valence-electron chi connectivity index (χ2n) is 4.40. The second-order valence-corrected chi connectivity index (χ2v) is 4.40. The summed E-state index contributed by atoms with van der Waals surface area (Å²) in [7, 11) is 0. The smallest absolute Gasteiger partial charge is 0.176 e. The van der Waals surface area contributed by atoms with Crippen LogP contribution in [0, 0.1) is 5.41 Å². The van der Waals surface area contributed by atoms with Crippen molar-refractivity contribution in [1.29, 1.82) is 0 Å². The first-order chi connectivity index (χ1) is 8.22. The van der Waals surface area contributed by atoms with Gasteiger partial charge in [0.25, 0.3) is 0 Å². The fourth-order valence-electron chi connectivity index (χ4n) is 1.91. The van der Waals surface area contributed by atoms with Crippen molar-refractivity contribution in [3.8, 4) is 0 Å². The third-order valence-corrected chi connectivity index (χ3v) is 2.95. The summed E-state index contributed by atoms with van der Waals surface area (Å²) < 4.78 is 0. The fourth-order valence-corrected chi connectivity index (χ4v) is 1.91. The van der Waals surface area contributed by atoms with Crippen LogP contribution in [-0.2, 0) is 0 Å². The Labute approximate surface area is 102 Å². The van der Waals surface area contributed by atoms with Crippen molar-refractivity contribution in [3.05, 3.63) is 72.4 Å². The monoisotopic (exact) mass is 224 g/mol. The molecule has 0 N–H and O–H groups in total. The molecular formula is C16H16O. The van der Waals surface area contributed by atoms with E-state index >= 15 is 0 Å². The third kappa shape index (κ3) is 2.62. The molecule has 17 heavy (non-hydrogen) atoms. The third-order valence-electron chi connectivity index (χ3n) is 2.95. The molecule has 1 heteroatoms. The minimum atomic E-state index is -0.536. The van der Waals surface area contributed by atoms with Crippen LogP contribution in [0.2, 0.25) is 0 Å². The number of hydrogen-bond acceptors (Lipinski definition) is 1. The maximum Gasteiger partial charge on any atom is 0.176 e. The van der Waals surface area contributed by atoms with E-state index in [1.165, 1.54) is 0 Å². The van der Waals surface area contributed by atoms with Crippen LogP contribution < -0.4 is 0 Å². The van der Waals surface area contributed by atoms with E-state index in [0.29, 0.717) is 0 Å². The SMILES string of the molecule is CC1(C(=O)c2ccccc2)/C=C\C=CC/C=C\1. The van der Waals surface area contributed by atoms with Gasteiger partial charge in [-0.1, -0.05) is 66.8 Å². The molecule has 1 aliphatic rings. The maximum atomic E-state index is 12.5. The van der Waals surface area contributed by atoms with Crippen molar-refractivity contribution in [2.45, 2.75) is 13.3 Å². The van der Waals surface area contributed by atoms with Crippen molar-refractivity contribution in [3.63, 3.8) is 0 Å². The summed E-state index contributed by atoms with van der Waals surface area (Å²) >= 11 is 0. The Morgan fingerprint density at radius 3 is 2.59 bits per heavy atom. The van der Waals surface area contributed by atoms with E-state index in [4.69, 9.17) is 0 Å². The predicted molar refractivity (Wildman–Crippen MR) is 70.9 cm³/mol. The fraction of sp³-hybridized carbons (Fsp3) is 0.188. The Balaban J connectivity index is 2.35. The molecule has 1 unspecified atom stereocenters. The van der Waals surface area contributed by atoms with E-state index in [1.807, 2.05) is 67.6 Å². The predicted octanol–water partition coefficient (Wildman–Crippen LogP) is 3.95. The molecule has 0 amide bonds. The van der Waals surface area contributed by atoms with E-state index in [1.54, 1.807) is 0 Å². The highest BCUT2D eigenvalue weighted by Gasteiger charge is 2.28. The van der Waals surface area contributed by atoms with E-state index < -0.39 is 5.41 Å². The van der Waals surface area contributed by atoms with E-state index in [9.17, 15) is 4.79 Å². The number of allylic oxidation sites excluding steroid dienone is 6. The molecule has 0 saturated heterocycles. The average molecular weight is 224 g/mol. The minimum absolute atomic E-state index is 0.140. The number of carbonyl (C=O) groups is 1. The van der Waals surface area contributed by atoms with Crippen LogP contribution in [0.25, 0.3) is 0 Å². The topological polar surface area (TPSA) is 17.1 Å². The Morgan fingerprint density at radius 1 is 1.06 bits per heavy atom. The summed E-state index contributed by atoms with van der Waals surface area (Å²) in [5.41, 5.74) is 0.223. The highest BCUT2D eigenvalue weighted by atomic mass is 16.1. The molecule has 86 valence electrons. The number of Topliss-reactive ketones (excluding diaryl/α,β-unsaturated/α-hetero) is 1. The van der Waals surface area contributed by atoms with Gasteiger partial charge in [0.15, 0.2) is 5.78 Å². The van der Waals surface area contributed by atoms with Crippen LogP contribution in [0.3, 0.4) is 0 Å². The van der Waals surface area contributed by atoms with Crippen molar-refractivity contribution < 1.29 is 4.79 Å². The summed E-state index contributed by atoms with van der Waals surface area (Å²) in [6.07, 6.45) is 12.9. The molecule has 0 heterocycles. The molecule has 1 nitrogen and oxygen atoms in total. The molecular weight excluding hydrogens is 208 g/mol. The van der Waals surface area contributed by atoms with Gasteiger partial charge < -0.3 is 0 Å². The molecule has 0 fully saturated rings. The zero-order valence-corrected chi connectivity index (χ0v) is 9.97. The first kappa shape index (κ1) is 11.6. The van der Waals surface area contributed by atoms with Crippen molar-refractivity contribution in [1.82, 2.24) is 0 Å². The molecule has 0 bridgehead atoms. The highest BCUT2D eigenvalue weighted by Crippen LogP contribution is 2.27. The molecule has 0 spiro atoms. The molecule has 2 rings (SSSR count). The first-order valence-electron chi connectivity index (χ1n) is 5.84. The Bertz CT molecular complexity index is 480. The van der Waals surface area contributed by atoms with Crippen LogP contribution in [0.15, 0.2) is 66.8 Å². The Hall–Kier alpha value is -1.89. The van der Waals surface area contributed by atoms with Crippen LogP contribution in [0.4, 0.5) is 0 Å². The van der Waals surface area contributed by atoms with Gasteiger partial charge in [0.05, 0.1) is 5.41 Å². The second kappa shape index (κ2) is 4.96. The molecule has 1 aromatic rings. The molecule has 1 aromatic carbocycles. The van der Waals surface area contributed by atoms with E-state index in [2.05, 4.69) is 6.08 Å². The molecule has 0 radical (unpaired) electrons. The van der Waals surface area contributed by atoms with Crippen LogP contribution in [0.1, 0.15) is 23.7 Å². The van der Waals surface area contributed by atoms with Gasteiger partial charge in [-0.15, -0.1) is 0 Å². The summed E-state index contributed by atoms with van der Waals surface area (Å²) in [5, 5.41) is 0. The van der Waals surface area contributed by atoms with Gasteiger partial charge in [-0.3, -0.25) is 4.79 Å². The number of hydrogen-bond donors (Lipinski definition) is 0. The van der Waals surface area contributed by atoms with Crippen LogP contribution in [0.5, 0.6) is 0 Å². The summed E-state index contributed by atoms with van der Waals surface area (Å²) in [4.78, 5) is 12.5. The van der Waals surface area contributed by atoms with Crippen molar-refractivity contribution >= 4 is 5.78 Å². The zero-order chi connectivity index (χ0) is 12.1. The quantitative estimate of drug-likeness (QED) is 0.549. The lowest BCUT2D eigenvalue weighted by Gasteiger charge is -2.21. The van der Waals surface area contributed by atoms with Crippen molar-refractivity contribution in [2.24, 2.45) is 5.41 Å². The Kier molecular flexibility index (Phi) is 3.38. The molecule has 0 aliphatic heterocycles. The van der Waals surface area contributed by atoms with Gasteiger partial charge in [0.1, 0.15) is 0 Å². The Morgan fingerprint density at radius 2 is 1.82 bits per heavy atom. The summed E-state index contributed by atoms with van der Waals surface area (Å²) in [6.45, 7) is 1.95. The zero-order valence-electron chi connectivity index (χ0n) is 9.97. The lowest BCUT2D eigenvalue weighted by molar-refractivity contribution is 0.0907. The lowest BCUT2D eigenvalue weighted by Crippen LogP contribution is -2.23. The number of carbonyl (C=O) groups excluding carboxylic acids is 1. The standard InChI is InChI=1S/C16H16O/c1-16(12-8-3-2-4-9-13-16)15(17)14-10-6-5-7-11-14/h2-3,5-13H,4H2,1H3/b3-2?,12-8-,13-9-. The minimum Gasteiger partial charge on any atom is -0.293 e. The lowest BCUT2D eigenvalue weighted by atomic mass is 9.81. The van der Waals surface area contributed by atoms with Crippen LogP contribution >= 0.6 is 0 Å². The number of benzene rings is 1. The highest BCUT2D eigenvalue weighted by molar-refractivity contribution is 6.02. The van der Waals surface area contributed by atoms with E-state index in [-0.39, 0.29) is 5.78 Å². The summed E-state index contributed by atoms with van der Waals surface area (Å²) in [6, 6.07) is 9.44. The largest absolute Gasteiger partial charge is 0.293 e. The van der Waals surface area contributed by atoms with Gasteiger partial charge in [-0.05, 0) is 13.3 Å². The molecule has 0 aromatic heterocycles. The van der Waals surface area contributed by atoms with Crippen molar-refractivity contribution in [2.75, 3.05) is 0 Å². The number of rotatable bonds is 2. The molecule has 1 atom stereocenters. The van der Waals surface area contributed by atoms with Gasteiger partial charge in [-0.2, -0.15) is 0 Å². The van der Waals surface area contributed by atoms with E-state index in [0.717, 1.165) is 12.0 Å².